The second-order valence-electron chi connectivity index (χ2n) is 4.16. The summed E-state index contributed by atoms with van der Waals surface area (Å²) in [5.74, 6) is 1.63. The van der Waals surface area contributed by atoms with Crippen LogP contribution in [0.4, 0.5) is 11.8 Å². The van der Waals surface area contributed by atoms with Gasteiger partial charge in [0.05, 0.1) is 6.61 Å². The standard InChI is InChI=1S/C11H20N4O/c1-8(2)7-16-5-4-13-10-9(3)6-14-11(12)15-10/h6,8H,4-5,7H2,1-3H3,(H3,12,13,14,15). The molecule has 5 heteroatoms. The summed E-state index contributed by atoms with van der Waals surface area (Å²) in [4.78, 5) is 8.01. The van der Waals surface area contributed by atoms with Gasteiger partial charge in [-0.2, -0.15) is 4.98 Å². The van der Waals surface area contributed by atoms with Crippen LogP contribution in [0.25, 0.3) is 0 Å². The fourth-order valence-electron chi connectivity index (χ4n) is 1.20. The summed E-state index contributed by atoms with van der Waals surface area (Å²) in [5, 5.41) is 3.17. The lowest BCUT2D eigenvalue weighted by Gasteiger charge is -2.10. The maximum Gasteiger partial charge on any atom is 0.221 e. The van der Waals surface area contributed by atoms with Crippen molar-refractivity contribution in [3.63, 3.8) is 0 Å². The minimum Gasteiger partial charge on any atom is -0.379 e. The number of nitrogens with two attached hydrogens (primary N) is 1. The van der Waals surface area contributed by atoms with Crippen LogP contribution in [-0.2, 0) is 4.74 Å². The molecule has 0 aliphatic rings. The molecule has 5 nitrogen and oxygen atoms in total. The Bertz CT molecular complexity index is 328. The van der Waals surface area contributed by atoms with Gasteiger partial charge in [-0.3, -0.25) is 0 Å². The van der Waals surface area contributed by atoms with Crippen molar-refractivity contribution in [3.8, 4) is 0 Å². The maximum atomic E-state index is 5.50. The Labute approximate surface area is 96.4 Å². The number of ether oxygens (including phenoxy) is 1. The summed E-state index contributed by atoms with van der Waals surface area (Å²) in [6, 6.07) is 0. The molecular formula is C11H20N4O. The lowest BCUT2D eigenvalue weighted by molar-refractivity contribution is 0.118. The van der Waals surface area contributed by atoms with Crippen LogP contribution in [0.3, 0.4) is 0 Å². The molecule has 0 saturated heterocycles. The molecule has 0 unspecified atom stereocenters. The van der Waals surface area contributed by atoms with Gasteiger partial charge in [0.15, 0.2) is 0 Å². The van der Waals surface area contributed by atoms with E-state index in [4.69, 9.17) is 10.5 Å². The minimum atomic E-state index is 0.288. The van der Waals surface area contributed by atoms with Crippen LogP contribution in [0.2, 0.25) is 0 Å². The lowest BCUT2D eigenvalue weighted by atomic mass is 10.2. The summed E-state index contributed by atoms with van der Waals surface area (Å²) in [6.07, 6.45) is 1.71. The number of hydrogen-bond donors (Lipinski definition) is 2. The molecule has 0 saturated carbocycles. The zero-order chi connectivity index (χ0) is 12.0. The average Bonchev–Trinajstić information content (AvgIpc) is 2.22. The first-order chi connectivity index (χ1) is 7.59. The highest BCUT2D eigenvalue weighted by atomic mass is 16.5. The van der Waals surface area contributed by atoms with Crippen molar-refractivity contribution in [2.45, 2.75) is 20.8 Å². The predicted molar refractivity (Wildman–Crippen MR) is 65.3 cm³/mol. The Morgan fingerprint density at radius 1 is 1.50 bits per heavy atom. The molecule has 0 aliphatic carbocycles. The SMILES string of the molecule is Cc1cnc(N)nc1NCCOCC(C)C. The highest BCUT2D eigenvalue weighted by Gasteiger charge is 2.00. The molecule has 0 aromatic carbocycles. The number of nitrogen functional groups attached to an aromatic ring is 1. The Balaban J connectivity index is 2.29. The van der Waals surface area contributed by atoms with Gasteiger partial charge in [0.2, 0.25) is 5.95 Å². The van der Waals surface area contributed by atoms with E-state index in [1.807, 2.05) is 6.92 Å². The van der Waals surface area contributed by atoms with Crippen LogP contribution in [0.15, 0.2) is 6.20 Å². The van der Waals surface area contributed by atoms with Gasteiger partial charge in [-0.1, -0.05) is 13.8 Å². The number of anilines is 2. The molecule has 1 aromatic heterocycles. The van der Waals surface area contributed by atoms with Gasteiger partial charge in [-0.15, -0.1) is 0 Å². The Morgan fingerprint density at radius 2 is 2.25 bits per heavy atom. The van der Waals surface area contributed by atoms with Crippen LogP contribution in [0, 0.1) is 12.8 Å². The smallest absolute Gasteiger partial charge is 0.221 e. The van der Waals surface area contributed by atoms with Crippen LogP contribution >= 0.6 is 0 Å². The maximum absolute atomic E-state index is 5.50. The van der Waals surface area contributed by atoms with Crippen molar-refractivity contribution in [2.75, 3.05) is 30.8 Å². The zero-order valence-electron chi connectivity index (χ0n) is 10.2. The van der Waals surface area contributed by atoms with Gasteiger partial charge < -0.3 is 15.8 Å². The second kappa shape index (κ2) is 6.27. The number of rotatable bonds is 6. The van der Waals surface area contributed by atoms with Gasteiger partial charge in [0.25, 0.3) is 0 Å². The minimum absolute atomic E-state index is 0.288. The summed E-state index contributed by atoms with van der Waals surface area (Å²) in [7, 11) is 0. The third-order valence-electron chi connectivity index (χ3n) is 1.98. The van der Waals surface area contributed by atoms with E-state index in [0.29, 0.717) is 12.5 Å². The molecule has 3 N–H and O–H groups in total. The molecule has 0 bridgehead atoms. The Kier molecular flexibility index (Phi) is 4.98. The van der Waals surface area contributed by atoms with E-state index in [1.54, 1.807) is 6.20 Å². The first kappa shape index (κ1) is 12.7. The van der Waals surface area contributed by atoms with Gasteiger partial charge in [-0.25, -0.2) is 4.98 Å². The fourth-order valence-corrected chi connectivity index (χ4v) is 1.20. The van der Waals surface area contributed by atoms with E-state index >= 15 is 0 Å². The quantitative estimate of drug-likeness (QED) is 0.715. The number of nitrogens with zero attached hydrogens (tertiary/aromatic N) is 2. The number of hydrogen-bond acceptors (Lipinski definition) is 5. The van der Waals surface area contributed by atoms with Crippen LogP contribution < -0.4 is 11.1 Å². The van der Waals surface area contributed by atoms with Crippen molar-refractivity contribution in [1.29, 1.82) is 0 Å². The van der Waals surface area contributed by atoms with Crippen molar-refractivity contribution in [2.24, 2.45) is 5.92 Å². The van der Waals surface area contributed by atoms with Crippen LogP contribution in [0.1, 0.15) is 19.4 Å². The normalized spacial score (nSPS) is 10.8. The zero-order valence-corrected chi connectivity index (χ0v) is 10.2. The predicted octanol–water partition coefficient (Wildman–Crippen LogP) is 1.45. The molecule has 1 aromatic rings. The molecule has 0 spiro atoms. The molecule has 0 radical (unpaired) electrons. The van der Waals surface area contributed by atoms with E-state index in [-0.39, 0.29) is 5.95 Å². The van der Waals surface area contributed by atoms with Gasteiger partial charge in [-0.05, 0) is 12.8 Å². The van der Waals surface area contributed by atoms with Gasteiger partial charge in [0.1, 0.15) is 5.82 Å². The topological polar surface area (TPSA) is 73.1 Å². The fraction of sp³-hybridized carbons (Fsp3) is 0.636. The highest BCUT2D eigenvalue weighted by Crippen LogP contribution is 2.09. The lowest BCUT2D eigenvalue weighted by Crippen LogP contribution is -2.14. The molecule has 1 heterocycles. The van der Waals surface area contributed by atoms with Crippen LogP contribution in [-0.4, -0.2) is 29.7 Å². The Hall–Kier alpha value is -1.36. The van der Waals surface area contributed by atoms with Crippen molar-refractivity contribution in [3.05, 3.63) is 11.8 Å². The van der Waals surface area contributed by atoms with Gasteiger partial charge in [0, 0.05) is 24.9 Å². The molecule has 0 amide bonds. The number of aromatic nitrogens is 2. The van der Waals surface area contributed by atoms with Crippen molar-refractivity contribution < 1.29 is 4.74 Å². The molecule has 0 atom stereocenters. The molecular weight excluding hydrogens is 204 g/mol. The second-order valence-corrected chi connectivity index (χ2v) is 4.16. The molecule has 0 aliphatic heterocycles. The van der Waals surface area contributed by atoms with E-state index in [2.05, 4.69) is 29.1 Å². The first-order valence-corrected chi connectivity index (χ1v) is 5.50. The summed E-state index contributed by atoms with van der Waals surface area (Å²) in [6.45, 7) is 8.38. The number of aryl methyl sites for hydroxylation is 1. The van der Waals surface area contributed by atoms with E-state index in [1.165, 1.54) is 0 Å². The molecule has 90 valence electrons. The highest BCUT2D eigenvalue weighted by molar-refractivity contribution is 5.44. The summed E-state index contributed by atoms with van der Waals surface area (Å²) in [5.41, 5.74) is 6.49. The van der Waals surface area contributed by atoms with Gasteiger partial charge >= 0.3 is 0 Å². The average molecular weight is 224 g/mol. The summed E-state index contributed by atoms with van der Waals surface area (Å²) >= 11 is 0. The van der Waals surface area contributed by atoms with E-state index in [0.717, 1.165) is 24.5 Å². The van der Waals surface area contributed by atoms with Crippen molar-refractivity contribution >= 4 is 11.8 Å². The van der Waals surface area contributed by atoms with Crippen molar-refractivity contribution in [1.82, 2.24) is 9.97 Å². The first-order valence-electron chi connectivity index (χ1n) is 5.50. The third-order valence-corrected chi connectivity index (χ3v) is 1.98. The summed E-state index contributed by atoms with van der Waals surface area (Å²) < 4.78 is 5.45. The van der Waals surface area contributed by atoms with E-state index in [9.17, 15) is 0 Å². The Morgan fingerprint density at radius 3 is 2.94 bits per heavy atom. The number of nitrogens with one attached hydrogen (secondary N) is 1. The molecule has 16 heavy (non-hydrogen) atoms. The van der Waals surface area contributed by atoms with E-state index < -0.39 is 0 Å². The van der Waals surface area contributed by atoms with Crippen LogP contribution in [0.5, 0.6) is 0 Å². The monoisotopic (exact) mass is 224 g/mol. The third kappa shape index (κ3) is 4.44. The molecule has 0 fully saturated rings. The molecule has 1 rings (SSSR count). The largest absolute Gasteiger partial charge is 0.379 e.